The predicted molar refractivity (Wildman–Crippen MR) is 90.3 cm³/mol. The summed E-state index contributed by atoms with van der Waals surface area (Å²) in [6.07, 6.45) is 3.82. The molecule has 4 heteroatoms. The van der Waals surface area contributed by atoms with Crippen molar-refractivity contribution in [1.29, 1.82) is 0 Å². The fourth-order valence-corrected chi connectivity index (χ4v) is 2.90. The summed E-state index contributed by atoms with van der Waals surface area (Å²) >= 11 is 5.81. The maximum atomic E-state index is 5.36. The van der Waals surface area contributed by atoms with Crippen molar-refractivity contribution in [2.45, 2.75) is 25.8 Å². The van der Waals surface area contributed by atoms with Gasteiger partial charge in [-0.1, -0.05) is 19.1 Å². The number of hydrogen-bond acceptors (Lipinski definition) is 2. The van der Waals surface area contributed by atoms with Crippen LogP contribution in [-0.4, -0.2) is 6.54 Å². The van der Waals surface area contributed by atoms with Gasteiger partial charge in [0.25, 0.3) is 0 Å². The van der Waals surface area contributed by atoms with Gasteiger partial charge in [-0.05, 0) is 81.7 Å². The van der Waals surface area contributed by atoms with E-state index in [1.807, 2.05) is 6.07 Å². The van der Waals surface area contributed by atoms with Crippen LogP contribution in [0, 0.1) is 3.57 Å². The Bertz CT molecular complexity index is 509. The van der Waals surface area contributed by atoms with Gasteiger partial charge >= 0.3 is 0 Å². The Hall–Kier alpha value is -0.330. The highest BCUT2D eigenvalue weighted by Crippen LogP contribution is 2.27. The minimum atomic E-state index is 0.285. The summed E-state index contributed by atoms with van der Waals surface area (Å²) in [5.74, 6) is 0. The zero-order chi connectivity index (χ0) is 13.7. The van der Waals surface area contributed by atoms with Crippen LogP contribution in [0.25, 0.3) is 0 Å². The van der Waals surface area contributed by atoms with Crippen molar-refractivity contribution < 1.29 is 4.42 Å². The zero-order valence-corrected chi connectivity index (χ0v) is 14.6. The molecular formula is C15H17BrINO. The summed E-state index contributed by atoms with van der Waals surface area (Å²) in [5.41, 5.74) is 2.52. The molecule has 0 aliphatic rings. The number of halogens is 2. The first kappa shape index (κ1) is 15.1. The van der Waals surface area contributed by atoms with Gasteiger partial charge in [-0.3, -0.25) is 0 Å². The van der Waals surface area contributed by atoms with Crippen LogP contribution < -0.4 is 5.32 Å². The molecule has 0 saturated carbocycles. The van der Waals surface area contributed by atoms with E-state index in [-0.39, 0.29) is 6.04 Å². The summed E-state index contributed by atoms with van der Waals surface area (Å²) in [4.78, 5) is 0. The molecule has 0 amide bonds. The number of nitrogens with one attached hydrogen (secondary N) is 1. The second kappa shape index (κ2) is 7.45. The van der Waals surface area contributed by atoms with Gasteiger partial charge in [0.2, 0.25) is 0 Å². The van der Waals surface area contributed by atoms with Crippen molar-refractivity contribution in [3.05, 3.63) is 56.0 Å². The second-order valence-electron chi connectivity index (χ2n) is 4.49. The fraction of sp³-hybridized carbons (Fsp3) is 0.333. The summed E-state index contributed by atoms with van der Waals surface area (Å²) in [5, 5.41) is 3.58. The van der Waals surface area contributed by atoms with Crippen LogP contribution in [0.2, 0.25) is 0 Å². The van der Waals surface area contributed by atoms with Crippen molar-refractivity contribution in [3.8, 4) is 0 Å². The van der Waals surface area contributed by atoms with Crippen molar-refractivity contribution >= 4 is 38.5 Å². The lowest BCUT2D eigenvalue weighted by Gasteiger charge is -2.18. The van der Waals surface area contributed by atoms with Crippen LogP contribution in [0.15, 0.2) is 45.7 Å². The minimum absolute atomic E-state index is 0.285. The highest BCUT2D eigenvalue weighted by atomic mass is 127. The van der Waals surface area contributed by atoms with Crippen molar-refractivity contribution in [1.82, 2.24) is 5.32 Å². The van der Waals surface area contributed by atoms with E-state index in [0.717, 1.165) is 24.1 Å². The molecule has 0 fully saturated rings. The Morgan fingerprint density at radius 3 is 2.58 bits per heavy atom. The van der Waals surface area contributed by atoms with Gasteiger partial charge in [-0.25, -0.2) is 0 Å². The van der Waals surface area contributed by atoms with Gasteiger partial charge in [0.05, 0.1) is 6.26 Å². The van der Waals surface area contributed by atoms with Gasteiger partial charge in [-0.15, -0.1) is 0 Å². The summed E-state index contributed by atoms with van der Waals surface area (Å²) in [7, 11) is 0. The van der Waals surface area contributed by atoms with Crippen LogP contribution in [0.1, 0.15) is 30.5 Å². The van der Waals surface area contributed by atoms with E-state index in [0.29, 0.717) is 0 Å². The first-order valence-corrected chi connectivity index (χ1v) is 8.28. The van der Waals surface area contributed by atoms with Crippen molar-refractivity contribution in [2.75, 3.05) is 6.54 Å². The SMILES string of the molecule is CCCNC(Cc1ccc(I)cc1)c1ccoc1Br. The normalized spacial score (nSPS) is 12.6. The molecule has 1 aromatic carbocycles. The average Bonchev–Trinajstić information content (AvgIpc) is 2.83. The molecular weight excluding hydrogens is 417 g/mol. The first-order chi connectivity index (χ1) is 9.20. The molecule has 1 heterocycles. The molecule has 1 N–H and O–H groups in total. The van der Waals surface area contributed by atoms with Gasteiger partial charge in [0.15, 0.2) is 4.67 Å². The molecule has 1 atom stereocenters. The molecule has 2 aromatic rings. The largest absolute Gasteiger partial charge is 0.457 e. The van der Waals surface area contributed by atoms with E-state index in [2.05, 4.69) is 75.0 Å². The fourth-order valence-electron chi connectivity index (χ4n) is 2.02. The summed E-state index contributed by atoms with van der Waals surface area (Å²) < 4.78 is 7.45. The number of benzene rings is 1. The van der Waals surface area contributed by atoms with Gasteiger partial charge < -0.3 is 9.73 Å². The Kier molecular flexibility index (Phi) is 5.91. The monoisotopic (exact) mass is 433 g/mol. The molecule has 0 bridgehead atoms. The van der Waals surface area contributed by atoms with Crippen molar-refractivity contribution in [3.63, 3.8) is 0 Å². The van der Waals surface area contributed by atoms with E-state index < -0.39 is 0 Å². The molecule has 0 aliphatic carbocycles. The molecule has 2 nitrogen and oxygen atoms in total. The molecule has 1 unspecified atom stereocenters. The summed E-state index contributed by atoms with van der Waals surface area (Å²) in [6.45, 7) is 3.19. The van der Waals surface area contributed by atoms with Gasteiger partial charge in [-0.2, -0.15) is 0 Å². The van der Waals surface area contributed by atoms with E-state index >= 15 is 0 Å². The molecule has 1 aromatic heterocycles. The quantitative estimate of drug-likeness (QED) is 0.653. The Morgan fingerprint density at radius 1 is 1.26 bits per heavy atom. The van der Waals surface area contributed by atoms with Crippen LogP contribution in [0.3, 0.4) is 0 Å². The van der Waals surface area contributed by atoms with Crippen LogP contribution in [0.4, 0.5) is 0 Å². The molecule has 0 radical (unpaired) electrons. The van der Waals surface area contributed by atoms with Crippen LogP contribution in [-0.2, 0) is 6.42 Å². The predicted octanol–water partition coefficient (Wildman–Crippen LogP) is 4.93. The lowest BCUT2D eigenvalue weighted by Crippen LogP contribution is -2.24. The minimum Gasteiger partial charge on any atom is -0.457 e. The third kappa shape index (κ3) is 4.33. The Balaban J connectivity index is 2.14. The number of hydrogen-bond donors (Lipinski definition) is 1. The first-order valence-electron chi connectivity index (χ1n) is 6.41. The maximum absolute atomic E-state index is 5.36. The van der Waals surface area contributed by atoms with E-state index in [4.69, 9.17) is 4.42 Å². The third-order valence-electron chi connectivity index (χ3n) is 3.02. The Labute approximate surface area is 136 Å². The molecule has 2 rings (SSSR count). The maximum Gasteiger partial charge on any atom is 0.173 e. The molecule has 19 heavy (non-hydrogen) atoms. The second-order valence-corrected chi connectivity index (χ2v) is 6.45. The lowest BCUT2D eigenvalue weighted by molar-refractivity contribution is 0.498. The molecule has 102 valence electrons. The van der Waals surface area contributed by atoms with Gasteiger partial charge in [0, 0.05) is 15.2 Å². The summed E-state index contributed by atoms with van der Waals surface area (Å²) in [6, 6.07) is 11.0. The Morgan fingerprint density at radius 2 is 2.00 bits per heavy atom. The number of furan rings is 1. The van der Waals surface area contributed by atoms with E-state index in [1.165, 1.54) is 14.7 Å². The molecule has 0 saturated heterocycles. The van der Waals surface area contributed by atoms with E-state index in [1.54, 1.807) is 6.26 Å². The smallest absolute Gasteiger partial charge is 0.173 e. The van der Waals surface area contributed by atoms with Crippen molar-refractivity contribution in [2.24, 2.45) is 0 Å². The molecule has 0 spiro atoms. The van der Waals surface area contributed by atoms with E-state index in [9.17, 15) is 0 Å². The number of rotatable bonds is 6. The highest BCUT2D eigenvalue weighted by Gasteiger charge is 2.16. The van der Waals surface area contributed by atoms with Crippen LogP contribution >= 0.6 is 38.5 Å². The highest BCUT2D eigenvalue weighted by molar-refractivity contribution is 14.1. The topological polar surface area (TPSA) is 25.2 Å². The van der Waals surface area contributed by atoms with Crippen LogP contribution in [0.5, 0.6) is 0 Å². The standard InChI is InChI=1S/C15H17BrINO/c1-2-8-18-14(13-7-9-19-15(13)16)10-11-3-5-12(17)6-4-11/h3-7,9,14,18H,2,8,10H2,1H3. The average molecular weight is 434 g/mol. The molecule has 0 aliphatic heterocycles. The third-order valence-corrected chi connectivity index (χ3v) is 4.38. The zero-order valence-electron chi connectivity index (χ0n) is 10.8. The lowest BCUT2D eigenvalue weighted by atomic mass is 10.0. The van der Waals surface area contributed by atoms with Gasteiger partial charge in [0.1, 0.15) is 0 Å².